The molecule has 1 aromatic heterocycles. The Morgan fingerprint density at radius 2 is 2.27 bits per heavy atom. The van der Waals surface area contributed by atoms with E-state index in [1.165, 1.54) is 0 Å². The molecule has 0 N–H and O–H groups in total. The van der Waals surface area contributed by atoms with Crippen LogP contribution >= 0.6 is 23.5 Å². The van der Waals surface area contributed by atoms with E-state index in [0.29, 0.717) is 18.8 Å². The molecule has 0 bridgehead atoms. The van der Waals surface area contributed by atoms with Gasteiger partial charge >= 0.3 is 5.97 Å². The number of hydrogen-bond acceptors (Lipinski definition) is 6. The normalized spacial score (nSPS) is 11.7. The van der Waals surface area contributed by atoms with Crippen LogP contribution in [0.4, 0.5) is 0 Å². The Labute approximate surface area is 140 Å². The number of ether oxygens (including phenoxy) is 2. The molecule has 0 amide bonds. The fraction of sp³-hybridized carbons (Fsp3) is 0.375. The van der Waals surface area contributed by atoms with Gasteiger partial charge in [-0.2, -0.15) is 0 Å². The lowest BCUT2D eigenvalue weighted by molar-refractivity contribution is -0.136. The highest BCUT2D eigenvalue weighted by atomic mass is 32.2. The molecule has 120 valence electrons. The first-order valence-electron chi connectivity index (χ1n) is 6.91. The first kappa shape index (κ1) is 18.8. The summed E-state index contributed by atoms with van der Waals surface area (Å²) in [7, 11) is 1.66. The van der Waals surface area contributed by atoms with Crippen molar-refractivity contribution in [3.63, 3.8) is 0 Å². The Bertz CT molecular complexity index is 503. The molecule has 1 aromatic rings. The van der Waals surface area contributed by atoms with Crippen molar-refractivity contribution in [3.05, 3.63) is 47.0 Å². The first-order valence-corrected chi connectivity index (χ1v) is 8.88. The maximum Gasteiger partial charge on any atom is 0.340 e. The Hall–Kier alpha value is -1.24. The smallest absolute Gasteiger partial charge is 0.340 e. The van der Waals surface area contributed by atoms with Gasteiger partial charge in [-0.25, -0.2) is 4.79 Å². The summed E-state index contributed by atoms with van der Waals surface area (Å²) in [5, 5.41) is 0. The van der Waals surface area contributed by atoms with Gasteiger partial charge in [0.15, 0.2) is 0 Å². The third-order valence-electron chi connectivity index (χ3n) is 2.49. The van der Waals surface area contributed by atoms with Crippen LogP contribution in [0.25, 0.3) is 5.57 Å². The summed E-state index contributed by atoms with van der Waals surface area (Å²) in [5.74, 6) is 1.16. The minimum atomic E-state index is -0.327. The number of nitrogens with zero attached hydrogens (tertiary/aromatic N) is 1. The molecule has 0 aliphatic heterocycles. The molecule has 0 fully saturated rings. The molecule has 1 rings (SSSR count). The molecule has 22 heavy (non-hydrogen) atoms. The van der Waals surface area contributed by atoms with E-state index >= 15 is 0 Å². The first-order chi connectivity index (χ1) is 10.7. The van der Waals surface area contributed by atoms with Crippen LogP contribution in [0.15, 0.2) is 41.4 Å². The van der Waals surface area contributed by atoms with Crippen LogP contribution in [-0.2, 0) is 14.3 Å². The van der Waals surface area contributed by atoms with Crippen LogP contribution in [0.5, 0.6) is 0 Å². The molecule has 0 saturated heterocycles. The molecule has 1 heterocycles. The van der Waals surface area contributed by atoms with Gasteiger partial charge in [0.25, 0.3) is 0 Å². The van der Waals surface area contributed by atoms with Crippen molar-refractivity contribution in [2.24, 2.45) is 0 Å². The number of aromatic nitrogens is 1. The summed E-state index contributed by atoms with van der Waals surface area (Å²) >= 11 is 3.15. The van der Waals surface area contributed by atoms with E-state index in [0.717, 1.165) is 21.3 Å². The molecule has 0 aliphatic rings. The molecule has 0 spiro atoms. The van der Waals surface area contributed by atoms with E-state index in [4.69, 9.17) is 9.47 Å². The van der Waals surface area contributed by atoms with Crippen LogP contribution in [0.3, 0.4) is 0 Å². The number of pyridine rings is 1. The van der Waals surface area contributed by atoms with E-state index in [1.807, 2.05) is 18.2 Å². The van der Waals surface area contributed by atoms with E-state index in [2.05, 4.69) is 11.6 Å². The number of carbonyl (C=O) groups excluding carboxylic acids is 1. The minimum Gasteiger partial charge on any atom is -0.462 e. The molecule has 4 nitrogen and oxygen atoms in total. The lowest BCUT2D eigenvalue weighted by Gasteiger charge is -2.13. The number of rotatable bonds is 10. The quantitative estimate of drug-likeness (QED) is 0.281. The number of esters is 1. The zero-order valence-electron chi connectivity index (χ0n) is 12.9. The van der Waals surface area contributed by atoms with Crippen molar-refractivity contribution < 1.29 is 14.3 Å². The van der Waals surface area contributed by atoms with Gasteiger partial charge in [0, 0.05) is 36.6 Å². The fourth-order valence-electron chi connectivity index (χ4n) is 1.57. The topological polar surface area (TPSA) is 48.4 Å². The molecule has 0 radical (unpaired) electrons. The second-order valence-electron chi connectivity index (χ2n) is 4.07. The minimum absolute atomic E-state index is 0.327. The monoisotopic (exact) mass is 339 g/mol. The molecule has 0 unspecified atom stereocenters. The van der Waals surface area contributed by atoms with Crippen molar-refractivity contribution in [1.82, 2.24) is 4.98 Å². The molecule has 0 aromatic carbocycles. The van der Waals surface area contributed by atoms with Crippen molar-refractivity contribution in [2.75, 3.05) is 31.8 Å². The van der Waals surface area contributed by atoms with Crippen molar-refractivity contribution in [2.45, 2.75) is 6.92 Å². The Balaban J connectivity index is 3.17. The van der Waals surface area contributed by atoms with Crippen LogP contribution in [-0.4, -0.2) is 42.8 Å². The second-order valence-corrected chi connectivity index (χ2v) is 6.46. The highest BCUT2D eigenvalue weighted by Gasteiger charge is 2.20. The summed E-state index contributed by atoms with van der Waals surface area (Å²) in [6.45, 7) is 6.49. The summed E-state index contributed by atoms with van der Waals surface area (Å²) in [6, 6.07) is 3.68. The van der Waals surface area contributed by atoms with Gasteiger partial charge in [0.2, 0.25) is 0 Å². The van der Waals surface area contributed by atoms with Gasteiger partial charge in [-0.05, 0) is 13.0 Å². The summed E-state index contributed by atoms with van der Waals surface area (Å²) in [4.78, 5) is 16.5. The van der Waals surface area contributed by atoms with Gasteiger partial charge in [0.1, 0.15) is 0 Å². The number of thioether (sulfide) groups is 2. The molecule has 0 atom stereocenters. The predicted octanol–water partition coefficient (Wildman–Crippen LogP) is 3.61. The average molecular weight is 339 g/mol. The number of methoxy groups -OCH3 is 1. The third-order valence-corrected chi connectivity index (χ3v) is 4.90. The van der Waals surface area contributed by atoms with Crippen LogP contribution < -0.4 is 0 Å². The van der Waals surface area contributed by atoms with Gasteiger partial charge in [-0.3, -0.25) is 4.98 Å². The molecule has 0 saturated carbocycles. The van der Waals surface area contributed by atoms with Crippen molar-refractivity contribution >= 4 is 35.1 Å². The van der Waals surface area contributed by atoms with Gasteiger partial charge in [-0.15, -0.1) is 30.1 Å². The SMILES string of the molecule is C=CCS/C(SCCOC)=C(\C(=O)OCC)c1cccnc1. The molecule has 6 heteroatoms. The lowest BCUT2D eigenvalue weighted by atomic mass is 10.1. The zero-order chi connectivity index (χ0) is 16.2. The van der Waals surface area contributed by atoms with Gasteiger partial charge in [-0.1, -0.05) is 12.1 Å². The zero-order valence-corrected chi connectivity index (χ0v) is 14.5. The van der Waals surface area contributed by atoms with E-state index in [9.17, 15) is 4.79 Å². The number of carbonyl (C=O) groups is 1. The molecular formula is C16H21NO3S2. The molecular weight excluding hydrogens is 318 g/mol. The fourth-order valence-corrected chi connectivity index (χ4v) is 3.75. The predicted molar refractivity (Wildman–Crippen MR) is 94.8 cm³/mol. The molecule has 0 aliphatic carbocycles. The standard InChI is InChI=1S/C16H21NO3S2/c1-4-10-21-16(22-11-9-19-3)14(15(18)20-5-2)13-7-6-8-17-12-13/h4,6-8,12H,1,5,9-11H2,2-3H3/b16-14+. The van der Waals surface area contributed by atoms with Crippen LogP contribution in [0.2, 0.25) is 0 Å². The van der Waals surface area contributed by atoms with Crippen LogP contribution in [0.1, 0.15) is 12.5 Å². The Kier molecular flexibility index (Phi) is 9.70. The van der Waals surface area contributed by atoms with E-state index in [-0.39, 0.29) is 5.97 Å². The van der Waals surface area contributed by atoms with Crippen LogP contribution in [0, 0.1) is 0 Å². The highest BCUT2D eigenvalue weighted by Crippen LogP contribution is 2.36. The van der Waals surface area contributed by atoms with Crippen molar-refractivity contribution in [1.29, 1.82) is 0 Å². The maximum atomic E-state index is 12.4. The lowest BCUT2D eigenvalue weighted by Crippen LogP contribution is -2.09. The maximum absolute atomic E-state index is 12.4. The van der Waals surface area contributed by atoms with E-state index < -0.39 is 0 Å². The third kappa shape index (κ3) is 6.25. The van der Waals surface area contributed by atoms with E-state index in [1.54, 1.807) is 50.0 Å². The largest absolute Gasteiger partial charge is 0.462 e. The summed E-state index contributed by atoms with van der Waals surface area (Å²) in [6.07, 6.45) is 5.17. The van der Waals surface area contributed by atoms with Gasteiger partial charge in [0.05, 0.1) is 23.0 Å². The number of hydrogen-bond donors (Lipinski definition) is 0. The summed E-state index contributed by atoms with van der Waals surface area (Å²) in [5.41, 5.74) is 1.32. The highest BCUT2D eigenvalue weighted by molar-refractivity contribution is 8.22. The van der Waals surface area contributed by atoms with Crippen molar-refractivity contribution in [3.8, 4) is 0 Å². The average Bonchev–Trinajstić information content (AvgIpc) is 2.54. The second kappa shape index (κ2) is 11.3. The Morgan fingerprint density at radius 1 is 1.45 bits per heavy atom. The Morgan fingerprint density at radius 3 is 2.86 bits per heavy atom. The summed E-state index contributed by atoms with van der Waals surface area (Å²) < 4.78 is 11.2. The van der Waals surface area contributed by atoms with Gasteiger partial charge < -0.3 is 9.47 Å².